The predicted molar refractivity (Wildman–Crippen MR) is 118 cm³/mol. The normalized spacial score (nSPS) is 15.4. The van der Waals surface area contributed by atoms with Crippen LogP contribution in [0, 0.1) is 12.7 Å². The maximum Gasteiger partial charge on any atom is 0.271 e. The molecule has 2 aromatic carbocycles. The first kappa shape index (κ1) is 20.8. The lowest BCUT2D eigenvalue weighted by molar-refractivity contribution is 0.0955. The molecule has 0 radical (unpaired) electrons. The van der Waals surface area contributed by atoms with Gasteiger partial charge >= 0.3 is 0 Å². The molecule has 0 bridgehead atoms. The average molecular weight is 394 g/mol. The summed E-state index contributed by atoms with van der Waals surface area (Å²) in [5.41, 5.74) is 8.46. The first-order valence-corrected chi connectivity index (χ1v) is 9.83. The van der Waals surface area contributed by atoms with E-state index in [0.717, 1.165) is 11.1 Å². The Bertz CT molecular complexity index is 988. The molecule has 5 heteroatoms. The number of hydrogen-bond acceptors (Lipinski definition) is 3. The fourth-order valence-electron chi connectivity index (χ4n) is 4.12. The Kier molecular flexibility index (Phi) is 5.60. The Morgan fingerprint density at radius 1 is 1.17 bits per heavy atom. The quantitative estimate of drug-likeness (QED) is 0.565. The number of carbonyl (C=O) groups excluding carboxylic acids is 1. The first-order valence-electron chi connectivity index (χ1n) is 9.83. The number of nitrogens with one attached hydrogen (secondary N) is 1. The van der Waals surface area contributed by atoms with Crippen molar-refractivity contribution in [3.05, 3.63) is 70.5 Å². The predicted octanol–water partition coefficient (Wildman–Crippen LogP) is 5.31. The molecule has 152 valence electrons. The van der Waals surface area contributed by atoms with Crippen LogP contribution in [0.25, 0.3) is 5.57 Å². The van der Waals surface area contributed by atoms with Crippen molar-refractivity contribution in [3.63, 3.8) is 0 Å². The summed E-state index contributed by atoms with van der Waals surface area (Å²) in [6, 6.07) is 10.0. The highest BCUT2D eigenvalue weighted by atomic mass is 19.1. The molecule has 0 unspecified atom stereocenters. The Morgan fingerprint density at radius 3 is 2.45 bits per heavy atom. The number of hydrogen-bond donors (Lipinski definition) is 1. The molecule has 0 saturated carbocycles. The average Bonchev–Trinajstić information content (AvgIpc) is 2.62. The molecular weight excluding hydrogens is 365 g/mol. The largest absolute Gasteiger partial charge is 0.360 e. The highest BCUT2D eigenvalue weighted by molar-refractivity contribution is 5.95. The Hall–Kier alpha value is -2.95. The van der Waals surface area contributed by atoms with Crippen molar-refractivity contribution in [2.24, 2.45) is 5.10 Å². The van der Waals surface area contributed by atoms with Crippen LogP contribution in [0.1, 0.15) is 61.7 Å². The van der Waals surface area contributed by atoms with Crippen LogP contribution in [0.4, 0.5) is 10.1 Å². The number of carbonyl (C=O) groups is 1. The van der Waals surface area contributed by atoms with Gasteiger partial charge in [-0.05, 0) is 94.6 Å². The molecule has 0 fully saturated rings. The van der Waals surface area contributed by atoms with Gasteiger partial charge in [-0.3, -0.25) is 4.79 Å². The van der Waals surface area contributed by atoms with Gasteiger partial charge in [-0.2, -0.15) is 5.10 Å². The third-order valence-electron chi connectivity index (χ3n) is 5.25. The highest BCUT2D eigenvalue weighted by Crippen LogP contribution is 2.41. The highest BCUT2D eigenvalue weighted by Gasteiger charge is 2.33. The number of amides is 1. The number of aryl methyl sites for hydroxylation is 1. The van der Waals surface area contributed by atoms with E-state index >= 15 is 0 Å². The van der Waals surface area contributed by atoms with E-state index in [4.69, 9.17) is 0 Å². The van der Waals surface area contributed by atoms with Crippen LogP contribution in [-0.4, -0.2) is 23.7 Å². The second-order valence-corrected chi connectivity index (χ2v) is 8.38. The van der Waals surface area contributed by atoms with Gasteiger partial charge in [0.05, 0.1) is 11.8 Å². The summed E-state index contributed by atoms with van der Waals surface area (Å²) < 4.78 is 13.0. The molecule has 3 rings (SSSR count). The Labute approximate surface area is 172 Å². The molecular formula is C24H28FN3O. The second-order valence-electron chi connectivity index (χ2n) is 8.38. The van der Waals surface area contributed by atoms with Gasteiger partial charge in [-0.15, -0.1) is 0 Å². The molecule has 0 aliphatic carbocycles. The van der Waals surface area contributed by atoms with Crippen LogP contribution in [0.15, 0.2) is 47.6 Å². The van der Waals surface area contributed by atoms with E-state index in [0.29, 0.717) is 11.6 Å². The minimum atomic E-state index is -0.378. The van der Waals surface area contributed by atoms with Gasteiger partial charge in [0.1, 0.15) is 5.82 Å². The van der Waals surface area contributed by atoms with Gasteiger partial charge in [-0.25, -0.2) is 9.82 Å². The number of hydrazone groups is 1. The molecule has 0 saturated heterocycles. The van der Waals surface area contributed by atoms with Gasteiger partial charge in [-0.1, -0.05) is 6.08 Å². The summed E-state index contributed by atoms with van der Waals surface area (Å²) in [5, 5.41) is 4.11. The van der Waals surface area contributed by atoms with Crippen molar-refractivity contribution in [3.8, 4) is 0 Å². The number of benzene rings is 2. The van der Waals surface area contributed by atoms with Crippen LogP contribution in [-0.2, 0) is 0 Å². The zero-order chi connectivity index (χ0) is 21.3. The zero-order valence-electron chi connectivity index (χ0n) is 17.9. The summed E-state index contributed by atoms with van der Waals surface area (Å²) in [7, 11) is 0. The summed E-state index contributed by atoms with van der Waals surface area (Å²) in [6.07, 6.45) is 3.95. The standard InChI is InChI=1S/C24H28FN3O/c1-15(2)28-22-11-16(3)19(12-21(22)17(4)13-24(28,5)6)14-26-27-23(29)18-7-9-20(25)10-8-18/h7-15H,1-6H3,(H,27,29)/b26-14+. The number of fused-ring (bicyclic) bond motifs is 1. The van der Waals surface area contributed by atoms with Crippen LogP contribution in [0.2, 0.25) is 0 Å². The van der Waals surface area contributed by atoms with Crippen molar-refractivity contribution in [1.82, 2.24) is 5.43 Å². The van der Waals surface area contributed by atoms with Crippen molar-refractivity contribution in [2.75, 3.05) is 4.90 Å². The van der Waals surface area contributed by atoms with Crippen molar-refractivity contribution >= 4 is 23.4 Å². The van der Waals surface area contributed by atoms with Gasteiger partial charge in [0.2, 0.25) is 0 Å². The molecule has 0 aromatic heterocycles. The fourth-order valence-corrected chi connectivity index (χ4v) is 4.12. The molecule has 2 aromatic rings. The first-order chi connectivity index (χ1) is 13.6. The molecule has 1 N–H and O–H groups in total. The fraction of sp³-hybridized carbons (Fsp3) is 0.333. The maximum atomic E-state index is 13.0. The second kappa shape index (κ2) is 7.82. The number of nitrogens with zero attached hydrogens (tertiary/aromatic N) is 2. The number of allylic oxidation sites excluding steroid dienone is 1. The molecule has 0 atom stereocenters. The molecule has 1 aliphatic rings. The van der Waals surface area contributed by atoms with Gasteiger partial charge < -0.3 is 4.90 Å². The van der Waals surface area contributed by atoms with Crippen molar-refractivity contribution < 1.29 is 9.18 Å². The van der Waals surface area contributed by atoms with Crippen molar-refractivity contribution in [1.29, 1.82) is 0 Å². The van der Waals surface area contributed by atoms with E-state index in [9.17, 15) is 9.18 Å². The van der Waals surface area contributed by atoms with E-state index < -0.39 is 0 Å². The van der Waals surface area contributed by atoms with E-state index in [-0.39, 0.29) is 17.3 Å². The number of rotatable bonds is 4. The van der Waals surface area contributed by atoms with Crippen LogP contribution in [0.3, 0.4) is 0 Å². The van der Waals surface area contributed by atoms with E-state index in [2.05, 4.69) is 68.3 Å². The molecule has 0 spiro atoms. The van der Waals surface area contributed by atoms with Gasteiger partial charge in [0, 0.05) is 22.9 Å². The van der Waals surface area contributed by atoms with E-state index in [1.165, 1.54) is 41.1 Å². The molecule has 1 aliphatic heterocycles. The Balaban J connectivity index is 1.87. The molecule has 1 amide bonds. The van der Waals surface area contributed by atoms with Crippen molar-refractivity contribution in [2.45, 2.75) is 53.1 Å². The minimum absolute atomic E-state index is 0.0591. The molecule has 4 nitrogen and oxygen atoms in total. The number of halogens is 1. The summed E-state index contributed by atoms with van der Waals surface area (Å²) in [6.45, 7) is 13.0. The third-order valence-corrected chi connectivity index (χ3v) is 5.25. The Morgan fingerprint density at radius 2 is 1.83 bits per heavy atom. The summed E-state index contributed by atoms with van der Waals surface area (Å²) >= 11 is 0. The maximum absolute atomic E-state index is 13.0. The number of anilines is 1. The topological polar surface area (TPSA) is 44.7 Å². The lowest BCUT2D eigenvalue weighted by Crippen LogP contribution is -2.49. The van der Waals surface area contributed by atoms with Gasteiger partial charge in [0.25, 0.3) is 5.91 Å². The summed E-state index contributed by atoms with van der Waals surface area (Å²) in [4.78, 5) is 14.6. The third kappa shape index (κ3) is 4.24. The van der Waals surface area contributed by atoms with E-state index in [1.807, 2.05) is 6.92 Å². The smallest absolute Gasteiger partial charge is 0.271 e. The molecule has 1 heterocycles. The zero-order valence-corrected chi connectivity index (χ0v) is 17.9. The lowest BCUT2D eigenvalue weighted by Gasteiger charge is -2.46. The molecule has 29 heavy (non-hydrogen) atoms. The minimum Gasteiger partial charge on any atom is -0.360 e. The van der Waals surface area contributed by atoms with E-state index in [1.54, 1.807) is 6.21 Å². The van der Waals surface area contributed by atoms with Crippen LogP contribution >= 0.6 is 0 Å². The SMILES string of the molecule is CC1=CC(C)(C)N(C(C)C)c2cc(C)c(/C=N/NC(=O)c3ccc(F)cc3)cc21. The van der Waals surface area contributed by atoms with Crippen LogP contribution in [0.5, 0.6) is 0 Å². The van der Waals surface area contributed by atoms with Gasteiger partial charge in [0.15, 0.2) is 0 Å². The van der Waals surface area contributed by atoms with Crippen LogP contribution < -0.4 is 10.3 Å². The summed E-state index contributed by atoms with van der Waals surface area (Å²) in [5.74, 6) is -0.752. The monoisotopic (exact) mass is 393 g/mol. The lowest BCUT2D eigenvalue weighted by atomic mass is 9.86.